The third kappa shape index (κ3) is 2.46. The molecule has 2 aromatic rings. The Morgan fingerprint density at radius 1 is 1.33 bits per heavy atom. The molecule has 1 aromatic heterocycles. The van der Waals surface area contributed by atoms with Crippen molar-refractivity contribution in [3.63, 3.8) is 0 Å². The third-order valence-electron chi connectivity index (χ3n) is 3.40. The van der Waals surface area contributed by atoms with Crippen LogP contribution in [0.15, 0.2) is 36.8 Å². The second kappa shape index (κ2) is 5.83. The zero-order valence-electron chi connectivity index (χ0n) is 11.4. The molecule has 0 spiro atoms. The van der Waals surface area contributed by atoms with E-state index < -0.39 is 0 Å². The lowest BCUT2D eigenvalue weighted by Crippen LogP contribution is -2.10. The van der Waals surface area contributed by atoms with E-state index in [9.17, 15) is 0 Å². The molecule has 1 aromatic carbocycles. The van der Waals surface area contributed by atoms with Crippen LogP contribution in [-0.2, 0) is 6.54 Å². The minimum Gasteiger partial charge on any atom is -0.316 e. The van der Waals surface area contributed by atoms with Gasteiger partial charge in [0.2, 0.25) is 0 Å². The van der Waals surface area contributed by atoms with Gasteiger partial charge in [0, 0.05) is 18.4 Å². The van der Waals surface area contributed by atoms with E-state index in [1.165, 1.54) is 16.9 Å². The lowest BCUT2D eigenvalue weighted by molar-refractivity contribution is 0.686. The molecule has 0 aliphatic heterocycles. The van der Waals surface area contributed by atoms with E-state index in [4.69, 9.17) is 0 Å². The Balaban J connectivity index is 2.45. The van der Waals surface area contributed by atoms with Crippen molar-refractivity contribution in [1.82, 2.24) is 14.9 Å². The zero-order valence-corrected chi connectivity index (χ0v) is 11.4. The van der Waals surface area contributed by atoms with Gasteiger partial charge in [0.15, 0.2) is 0 Å². The Morgan fingerprint density at radius 2 is 2.11 bits per heavy atom. The fourth-order valence-electron chi connectivity index (χ4n) is 2.17. The van der Waals surface area contributed by atoms with E-state index in [-0.39, 0.29) is 0 Å². The lowest BCUT2D eigenvalue weighted by Gasteiger charge is -2.16. The van der Waals surface area contributed by atoms with Gasteiger partial charge >= 0.3 is 0 Å². The average Bonchev–Trinajstić information content (AvgIpc) is 2.88. The highest BCUT2D eigenvalue weighted by Crippen LogP contribution is 2.23. The fraction of sp³-hybridized carbons (Fsp3) is 0.400. The van der Waals surface area contributed by atoms with Crippen molar-refractivity contribution >= 4 is 0 Å². The van der Waals surface area contributed by atoms with Gasteiger partial charge in [0.05, 0.1) is 12.0 Å². The summed E-state index contributed by atoms with van der Waals surface area (Å²) < 4.78 is 2.21. The van der Waals surface area contributed by atoms with E-state index in [1.54, 1.807) is 0 Å². The summed E-state index contributed by atoms with van der Waals surface area (Å²) in [6.45, 7) is 5.32. The molecule has 18 heavy (non-hydrogen) atoms. The molecule has 1 N–H and O–H groups in total. The maximum absolute atomic E-state index is 4.31. The Hall–Kier alpha value is -1.61. The van der Waals surface area contributed by atoms with Crippen LogP contribution in [0, 0.1) is 0 Å². The van der Waals surface area contributed by atoms with Crippen molar-refractivity contribution < 1.29 is 0 Å². The molecule has 1 heterocycles. The summed E-state index contributed by atoms with van der Waals surface area (Å²) in [5.74, 6) is 0.523. The van der Waals surface area contributed by atoms with Crippen LogP contribution in [0.2, 0.25) is 0 Å². The van der Waals surface area contributed by atoms with E-state index in [0.29, 0.717) is 5.92 Å². The molecule has 3 nitrogen and oxygen atoms in total. The van der Waals surface area contributed by atoms with Crippen LogP contribution in [0.3, 0.4) is 0 Å². The number of nitrogens with one attached hydrogen (secondary N) is 1. The normalized spacial score (nSPS) is 12.6. The van der Waals surface area contributed by atoms with Crippen molar-refractivity contribution in [3.8, 4) is 5.69 Å². The van der Waals surface area contributed by atoms with Crippen LogP contribution in [0.1, 0.15) is 37.4 Å². The first-order chi connectivity index (χ1) is 8.77. The first-order valence-electron chi connectivity index (χ1n) is 6.53. The summed E-state index contributed by atoms with van der Waals surface area (Å²) in [5, 5.41) is 3.22. The van der Waals surface area contributed by atoms with Crippen LogP contribution < -0.4 is 5.32 Å². The van der Waals surface area contributed by atoms with Crippen LogP contribution in [0.4, 0.5) is 0 Å². The van der Waals surface area contributed by atoms with Crippen molar-refractivity contribution in [2.45, 2.75) is 32.7 Å². The predicted molar refractivity (Wildman–Crippen MR) is 75.0 cm³/mol. The molecule has 3 heteroatoms. The summed E-state index contributed by atoms with van der Waals surface area (Å²) in [6.07, 6.45) is 5.01. The molecule has 0 fully saturated rings. The quantitative estimate of drug-likeness (QED) is 0.874. The first-order valence-corrected chi connectivity index (χ1v) is 6.53. The molecule has 0 amide bonds. The van der Waals surface area contributed by atoms with E-state index in [2.05, 4.69) is 53.0 Å². The minimum atomic E-state index is 0.523. The molecule has 2 rings (SSSR count). The monoisotopic (exact) mass is 243 g/mol. The molecule has 0 saturated carbocycles. The number of imidazole rings is 1. The summed E-state index contributed by atoms with van der Waals surface area (Å²) in [6, 6.07) is 8.47. The van der Waals surface area contributed by atoms with Crippen molar-refractivity contribution in [2.24, 2.45) is 0 Å². The van der Waals surface area contributed by atoms with Gasteiger partial charge in [-0.25, -0.2) is 4.98 Å². The van der Waals surface area contributed by atoms with Gasteiger partial charge in [-0.3, -0.25) is 0 Å². The zero-order chi connectivity index (χ0) is 13.0. The van der Waals surface area contributed by atoms with Crippen LogP contribution >= 0.6 is 0 Å². The molecule has 1 unspecified atom stereocenters. The van der Waals surface area contributed by atoms with Crippen molar-refractivity contribution in [3.05, 3.63) is 48.0 Å². The van der Waals surface area contributed by atoms with E-state index in [1.807, 2.05) is 19.6 Å². The highest BCUT2D eigenvalue weighted by atomic mass is 15.1. The van der Waals surface area contributed by atoms with Gasteiger partial charge in [0.1, 0.15) is 0 Å². The highest BCUT2D eigenvalue weighted by molar-refractivity contribution is 5.42. The van der Waals surface area contributed by atoms with Gasteiger partial charge in [-0.05, 0) is 31.0 Å². The number of aromatic nitrogens is 2. The second-order valence-corrected chi connectivity index (χ2v) is 4.66. The lowest BCUT2D eigenvalue weighted by atomic mass is 10.1. The van der Waals surface area contributed by atoms with Gasteiger partial charge in [-0.2, -0.15) is 0 Å². The molecule has 0 aliphatic carbocycles. The summed E-state index contributed by atoms with van der Waals surface area (Å²) >= 11 is 0. The Bertz CT molecular complexity index is 502. The van der Waals surface area contributed by atoms with E-state index in [0.717, 1.165) is 13.0 Å². The fourth-order valence-corrected chi connectivity index (χ4v) is 2.17. The van der Waals surface area contributed by atoms with Gasteiger partial charge in [0.25, 0.3) is 0 Å². The molecular weight excluding hydrogens is 222 g/mol. The topological polar surface area (TPSA) is 29.9 Å². The van der Waals surface area contributed by atoms with Gasteiger partial charge < -0.3 is 9.88 Å². The number of hydrogen-bond acceptors (Lipinski definition) is 2. The van der Waals surface area contributed by atoms with Gasteiger partial charge in [-0.15, -0.1) is 0 Å². The average molecular weight is 243 g/mol. The summed E-state index contributed by atoms with van der Waals surface area (Å²) in [4.78, 5) is 4.31. The standard InChI is InChI=1S/C15H21N3/c1-4-12(2)15-10-17-11-18(15)14-8-6-5-7-13(14)9-16-3/h5-8,10-12,16H,4,9H2,1-3H3. The molecule has 0 aliphatic rings. The largest absolute Gasteiger partial charge is 0.316 e. The van der Waals surface area contributed by atoms with Crippen molar-refractivity contribution in [1.29, 1.82) is 0 Å². The maximum atomic E-state index is 4.31. The molecule has 0 radical (unpaired) electrons. The summed E-state index contributed by atoms with van der Waals surface area (Å²) in [5.41, 5.74) is 3.79. The van der Waals surface area contributed by atoms with Crippen LogP contribution in [0.25, 0.3) is 5.69 Å². The number of benzene rings is 1. The summed E-state index contributed by atoms with van der Waals surface area (Å²) in [7, 11) is 1.97. The van der Waals surface area contributed by atoms with E-state index >= 15 is 0 Å². The molecule has 1 atom stereocenters. The van der Waals surface area contributed by atoms with Crippen LogP contribution in [-0.4, -0.2) is 16.6 Å². The first kappa shape index (κ1) is 12.8. The number of nitrogens with zero attached hydrogens (tertiary/aromatic N) is 2. The Morgan fingerprint density at radius 3 is 2.83 bits per heavy atom. The predicted octanol–water partition coefficient (Wildman–Crippen LogP) is 3.11. The molecule has 0 saturated heterocycles. The number of rotatable bonds is 5. The van der Waals surface area contributed by atoms with Crippen molar-refractivity contribution in [2.75, 3.05) is 7.05 Å². The van der Waals surface area contributed by atoms with Crippen LogP contribution in [0.5, 0.6) is 0 Å². The third-order valence-corrected chi connectivity index (χ3v) is 3.40. The Labute approximate surface area is 109 Å². The highest BCUT2D eigenvalue weighted by Gasteiger charge is 2.12. The number of hydrogen-bond donors (Lipinski definition) is 1. The Kier molecular flexibility index (Phi) is 4.15. The molecular formula is C15H21N3. The van der Waals surface area contributed by atoms with Gasteiger partial charge in [-0.1, -0.05) is 32.0 Å². The number of para-hydroxylation sites is 1. The smallest absolute Gasteiger partial charge is 0.0994 e. The SMILES string of the molecule is CCC(C)c1cncn1-c1ccccc1CNC. The molecule has 0 bridgehead atoms. The minimum absolute atomic E-state index is 0.523. The molecule has 96 valence electrons. The second-order valence-electron chi connectivity index (χ2n) is 4.66. The maximum Gasteiger partial charge on any atom is 0.0994 e.